The molecule has 0 unspecified atom stereocenters. The van der Waals surface area contributed by atoms with Crippen LogP contribution in [0.5, 0.6) is 17.2 Å². The van der Waals surface area contributed by atoms with Crippen LogP contribution in [0.4, 0.5) is 0 Å². The molecule has 0 aromatic heterocycles. The molecule has 0 radical (unpaired) electrons. The first kappa shape index (κ1) is 15.9. The number of carbonyl (C=O) groups excluding carboxylic acids is 1. The number of fused-ring (bicyclic) bond motifs is 1. The number of amides is 1. The fourth-order valence-corrected chi connectivity index (χ4v) is 2.32. The third kappa shape index (κ3) is 3.65. The van der Waals surface area contributed by atoms with E-state index in [1.54, 1.807) is 13.2 Å². The third-order valence-corrected chi connectivity index (χ3v) is 3.66. The van der Waals surface area contributed by atoms with Gasteiger partial charge in [0.15, 0.2) is 11.5 Å². The Morgan fingerprint density at radius 2 is 1.92 bits per heavy atom. The molecular formula is C18H18N2O4. The molecule has 6 nitrogen and oxygen atoms in total. The molecule has 0 atom stereocenters. The average Bonchev–Trinajstić information content (AvgIpc) is 3.07. The van der Waals surface area contributed by atoms with Gasteiger partial charge in [-0.2, -0.15) is 5.10 Å². The molecule has 0 aliphatic carbocycles. The van der Waals surface area contributed by atoms with E-state index in [2.05, 4.69) is 10.5 Å². The van der Waals surface area contributed by atoms with Crippen LogP contribution >= 0.6 is 0 Å². The molecule has 1 aliphatic heterocycles. The van der Waals surface area contributed by atoms with Crippen molar-refractivity contribution in [3.63, 3.8) is 0 Å². The van der Waals surface area contributed by atoms with E-state index >= 15 is 0 Å². The maximum Gasteiger partial charge on any atom is 0.244 e. The molecule has 124 valence electrons. The van der Waals surface area contributed by atoms with Crippen LogP contribution in [-0.2, 0) is 11.2 Å². The summed E-state index contributed by atoms with van der Waals surface area (Å²) in [5, 5.41) is 4.14. The molecule has 0 fully saturated rings. The SMILES string of the molecule is COc1ccc(/C(C)=N\NC(=O)Cc2ccc3c(c2)OCO3)cc1. The molecule has 1 heterocycles. The zero-order chi connectivity index (χ0) is 16.9. The predicted molar refractivity (Wildman–Crippen MR) is 89.6 cm³/mol. The summed E-state index contributed by atoms with van der Waals surface area (Å²) in [5.74, 6) is 1.95. The molecule has 6 heteroatoms. The molecule has 1 amide bonds. The zero-order valence-corrected chi connectivity index (χ0v) is 13.5. The standard InChI is InChI=1S/C18H18N2O4/c1-12(14-4-6-15(22-2)7-5-14)19-20-18(21)10-13-3-8-16-17(9-13)24-11-23-16/h3-9H,10-11H2,1-2H3,(H,20,21)/b19-12-. The predicted octanol–water partition coefficient (Wildman–Crippen LogP) is 2.51. The summed E-state index contributed by atoms with van der Waals surface area (Å²) in [6.45, 7) is 2.05. The van der Waals surface area contributed by atoms with E-state index in [1.165, 1.54) is 0 Å². The van der Waals surface area contributed by atoms with E-state index in [4.69, 9.17) is 14.2 Å². The molecule has 2 aromatic rings. The number of carbonyl (C=O) groups is 1. The molecule has 0 saturated carbocycles. The van der Waals surface area contributed by atoms with Crippen LogP contribution in [0.25, 0.3) is 0 Å². The molecule has 2 aromatic carbocycles. The van der Waals surface area contributed by atoms with Gasteiger partial charge in [-0.15, -0.1) is 0 Å². The Kier molecular flexibility index (Phi) is 4.65. The van der Waals surface area contributed by atoms with Crippen LogP contribution in [0.1, 0.15) is 18.1 Å². The van der Waals surface area contributed by atoms with E-state index in [9.17, 15) is 4.79 Å². The Balaban J connectivity index is 1.59. The van der Waals surface area contributed by atoms with E-state index in [0.717, 1.165) is 22.6 Å². The molecule has 1 N–H and O–H groups in total. The van der Waals surface area contributed by atoms with Gasteiger partial charge < -0.3 is 14.2 Å². The summed E-state index contributed by atoms with van der Waals surface area (Å²) in [6, 6.07) is 12.9. The molecule has 0 saturated heterocycles. The van der Waals surface area contributed by atoms with Crippen molar-refractivity contribution >= 4 is 11.6 Å². The van der Waals surface area contributed by atoms with Crippen molar-refractivity contribution in [3.05, 3.63) is 53.6 Å². The molecule has 0 spiro atoms. The summed E-state index contributed by atoms with van der Waals surface area (Å²) in [5.41, 5.74) is 5.05. The van der Waals surface area contributed by atoms with Crippen molar-refractivity contribution in [3.8, 4) is 17.2 Å². The minimum absolute atomic E-state index is 0.193. The zero-order valence-electron chi connectivity index (χ0n) is 13.5. The molecule has 1 aliphatic rings. The van der Waals surface area contributed by atoms with Gasteiger partial charge in [0.2, 0.25) is 12.7 Å². The second-order valence-corrected chi connectivity index (χ2v) is 5.33. The Morgan fingerprint density at radius 3 is 2.67 bits per heavy atom. The number of nitrogens with zero attached hydrogens (tertiary/aromatic N) is 1. The summed E-state index contributed by atoms with van der Waals surface area (Å²) < 4.78 is 15.7. The number of benzene rings is 2. The number of hydrogen-bond acceptors (Lipinski definition) is 5. The van der Waals surface area contributed by atoms with Crippen molar-refractivity contribution in [1.29, 1.82) is 0 Å². The largest absolute Gasteiger partial charge is 0.497 e. The monoisotopic (exact) mass is 326 g/mol. The molecule has 3 rings (SSSR count). The van der Waals surface area contributed by atoms with Crippen molar-refractivity contribution in [2.45, 2.75) is 13.3 Å². The highest BCUT2D eigenvalue weighted by Gasteiger charge is 2.14. The van der Waals surface area contributed by atoms with Crippen molar-refractivity contribution in [1.82, 2.24) is 5.43 Å². The lowest BCUT2D eigenvalue weighted by Crippen LogP contribution is -2.21. The van der Waals surface area contributed by atoms with Crippen LogP contribution in [0.15, 0.2) is 47.6 Å². The van der Waals surface area contributed by atoms with E-state index < -0.39 is 0 Å². The van der Waals surface area contributed by atoms with Crippen LogP contribution in [0.3, 0.4) is 0 Å². The van der Waals surface area contributed by atoms with Gasteiger partial charge in [-0.05, 0) is 54.4 Å². The lowest BCUT2D eigenvalue weighted by molar-refractivity contribution is -0.120. The number of ether oxygens (including phenoxy) is 3. The highest BCUT2D eigenvalue weighted by molar-refractivity contribution is 5.99. The first-order valence-corrected chi connectivity index (χ1v) is 7.52. The van der Waals surface area contributed by atoms with Crippen LogP contribution in [-0.4, -0.2) is 25.5 Å². The smallest absolute Gasteiger partial charge is 0.244 e. The Morgan fingerprint density at radius 1 is 1.17 bits per heavy atom. The number of rotatable bonds is 5. The first-order chi connectivity index (χ1) is 11.7. The number of nitrogens with one attached hydrogen (secondary N) is 1. The van der Waals surface area contributed by atoms with E-state index in [1.807, 2.05) is 43.3 Å². The van der Waals surface area contributed by atoms with Gasteiger partial charge in [-0.3, -0.25) is 4.79 Å². The fraction of sp³-hybridized carbons (Fsp3) is 0.222. The highest BCUT2D eigenvalue weighted by atomic mass is 16.7. The summed E-state index contributed by atoms with van der Waals surface area (Å²) in [6.07, 6.45) is 0.218. The van der Waals surface area contributed by atoms with Gasteiger partial charge in [-0.1, -0.05) is 6.07 Å². The van der Waals surface area contributed by atoms with E-state index in [-0.39, 0.29) is 19.1 Å². The second-order valence-electron chi connectivity index (χ2n) is 5.33. The van der Waals surface area contributed by atoms with Gasteiger partial charge in [-0.25, -0.2) is 5.43 Å². The highest BCUT2D eigenvalue weighted by Crippen LogP contribution is 2.32. The van der Waals surface area contributed by atoms with Gasteiger partial charge in [0, 0.05) is 0 Å². The topological polar surface area (TPSA) is 69.2 Å². The normalized spacial score (nSPS) is 12.8. The number of hydrazone groups is 1. The maximum atomic E-state index is 12.0. The maximum absolute atomic E-state index is 12.0. The van der Waals surface area contributed by atoms with Crippen molar-refractivity contribution in [2.24, 2.45) is 5.10 Å². The Labute approximate surface area is 140 Å². The Hall–Kier alpha value is -3.02. The van der Waals surface area contributed by atoms with Gasteiger partial charge in [0.1, 0.15) is 5.75 Å². The number of methoxy groups -OCH3 is 1. The molecule has 24 heavy (non-hydrogen) atoms. The van der Waals surface area contributed by atoms with Crippen molar-refractivity contribution in [2.75, 3.05) is 13.9 Å². The minimum Gasteiger partial charge on any atom is -0.497 e. The van der Waals surface area contributed by atoms with Crippen LogP contribution in [0, 0.1) is 0 Å². The van der Waals surface area contributed by atoms with Gasteiger partial charge >= 0.3 is 0 Å². The van der Waals surface area contributed by atoms with Gasteiger partial charge in [0.05, 0.1) is 19.2 Å². The van der Waals surface area contributed by atoms with Gasteiger partial charge in [0.25, 0.3) is 0 Å². The number of hydrogen-bond donors (Lipinski definition) is 1. The van der Waals surface area contributed by atoms with E-state index in [0.29, 0.717) is 11.5 Å². The van der Waals surface area contributed by atoms with Crippen LogP contribution < -0.4 is 19.6 Å². The molecule has 0 bridgehead atoms. The Bertz CT molecular complexity index is 769. The fourth-order valence-electron chi connectivity index (χ4n) is 2.32. The average molecular weight is 326 g/mol. The second kappa shape index (κ2) is 7.04. The van der Waals surface area contributed by atoms with Crippen molar-refractivity contribution < 1.29 is 19.0 Å². The minimum atomic E-state index is -0.193. The lowest BCUT2D eigenvalue weighted by atomic mass is 10.1. The molecular weight excluding hydrogens is 308 g/mol. The summed E-state index contributed by atoms with van der Waals surface area (Å²) in [4.78, 5) is 12.0. The third-order valence-electron chi connectivity index (χ3n) is 3.66. The summed E-state index contributed by atoms with van der Waals surface area (Å²) in [7, 11) is 1.62. The quantitative estimate of drug-likeness (QED) is 0.677. The van der Waals surface area contributed by atoms with Crippen LogP contribution in [0.2, 0.25) is 0 Å². The lowest BCUT2D eigenvalue weighted by Gasteiger charge is -2.05. The summed E-state index contributed by atoms with van der Waals surface area (Å²) >= 11 is 0. The first-order valence-electron chi connectivity index (χ1n) is 7.52.